The maximum Gasteiger partial charge on any atom is 0.336 e. The summed E-state index contributed by atoms with van der Waals surface area (Å²) in [5.41, 5.74) is 6.73. The molecule has 4 nitrogen and oxygen atoms in total. The van der Waals surface area contributed by atoms with E-state index >= 15 is 0 Å². The van der Waals surface area contributed by atoms with E-state index in [1.165, 1.54) is 0 Å². The normalized spacial score (nSPS) is 10.6. The van der Waals surface area contributed by atoms with Crippen molar-refractivity contribution in [2.45, 2.75) is 13.3 Å². The lowest BCUT2D eigenvalue weighted by Gasteiger charge is -2.02. The van der Waals surface area contributed by atoms with Crippen molar-refractivity contribution in [3.05, 3.63) is 41.0 Å². The van der Waals surface area contributed by atoms with E-state index in [9.17, 15) is 9.59 Å². The number of aryl methyl sites for hydroxylation is 1. The van der Waals surface area contributed by atoms with Crippen LogP contribution in [-0.2, 0) is 4.79 Å². The summed E-state index contributed by atoms with van der Waals surface area (Å²) in [6, 6.07) is 5.03. The molecule has 0 bridgehead atoms. The van der Waals surface area contributed by atoms with E-state index in [1.54, 1.807) is 30.4 Å². The van der Waals surface area contributed by atoms with Gasteiger partial charge >= 0.3 is 5.97 Å². The van der Waals surface area contributed by atoms with Gasteiger partial charge in [0.05, 0.1) is 5.56 Å². The Morgan fingerprint density at radius 3 is 2.69 bits per heavy atom. The summed E-state index contributed by atoms with van der Waals surface area (Å²) in [4.78, 5) is 21.4. The van der Waals surface area contributed by atoms with Crippen LogP contribution in [0.15, 0.2) is 24.3 Å². The number of carboxylic acids is 1. The summed E-state index contributed by atoms with van der Waals surface area (Å²) < 4.78 is 0. The molecule has 0 fully saturated rings. The van der Waals surface area contributed by atoms with Gasteiger partial charge in [-0.15, -0.1) is 0 Å². The number of hydrogen-bond acceptors (Lipinski definition) is 2. The van der Waals surface area contributed by atoms with Crippen molar-refractivity contribution in [3.63, 3.8) is 0 Å². The van der Waals surface area contributed by atoms with Crippen molar-refractivity contribution in [2.24, 2.45) is 5.73 Å². The van der Waals surface area contributed by atoms with Gasteiger partial charge in [0.2, 0.25) is 5.91 Å². The molecule has 16 heavy (non-hydrogen) atoms. The molecule has 1 amide bonds. The summed E-state index contributed by atoms with van der Waals surface area (Å²) in [7, 11) is 0. The van der Waals surface area contributed by atoms with Crippen LogP contribution < -0.4 is 5.73 Å². The zero-order chi connectivity index (χ0) is 12.1. The molecular weight excluding hydrogens is 206 g/mol. The SMILES string of the molecule is Cc1ccc(C(=O)O)c(C=CCC(N)=O)c1. The third-order valence-electron chi connectivity index (χ3n) is 2.05. The molecule has 84 valence electrons. The average Bonchev–Trinajstić information content (AvgIpc) is 2.16. The number of hydrogen-bond donors (Lipinski definition) is 2. The molecule has 0 radical (unpaired) electrons. The van der Waals surface area contributed by atoms with Gasteiger partial charge in [0, 0.05) is 6.42 Å². The topological polar surface area (TPSA) is 80.4 Å². The number of aromatic carboxylic acids is 1. The molecule has 0 heterocycles. The van der Waals surface area contributed by atoms with Crippen LogP contribution in [0.3, 0.4) is 0 Å². The standard InChI is InChI=1S/C12H13NO3/c1-8-5-6-10(12(15)16)9(7-8)3-2-4-11(13)14/h2-3,5-7H,4H2,1H3,(H2,13,14)(H,15,16). The van der Waals surface area contributed by atoms with Gasteiger partial charge in [-0.2, -0.15) is 0 Å². The largest absolute Gasteiger partial charge is 0.478 e. The lowest BCUT2D eigenvalue weighted by atomic mass is 10.0. The Balaban J connectivity index is 3.01. The minimum atomic E-state index is -0.987. The van der Waals surface area contributed by atoms with Crippen LogP contribution in [0.25, 0.3) is 6.08 Å². The van der Waals surface area contributed by atoms with Crippen molar-refractivity contribution >= 4 is 18.0 Å². The number of carboxylic acid groups (broad SMARTS) is 1. The van der Waals surface area contributed by atoms with Gasteiger partial charge in [0.1, 0.15) is 0 Å². The molecule has 0 aromatic heterocycles. The Kier molecular flexibility index (Phi) is 3.83. The van der Waals surface area contributed by atoms with Crippen LogP contribution in [0.1, 0.15) is 27.9 Å². The molecule has 1 aromatic rings. The van der Waals surface area contributed by atoms with Crippen molar-refractivity contribution in [2.75, 3.05) is 0 Å². The van der Waals surface area contributed by atoms with Gasteiger partial charge in [-0.1, -0.05) is 29.8 Å². The maximum atomic E-state index is 10.9. The summed E-state index contributed by atoms with van der Waals surface area (Å²) in [5.74, 6) is -1.43. The fraction of sp³-hybridized carbons (Fsp3) is 0.167. The summed E-state index contributed by atoms with van der Waals surface area (Å²) in [5, 5.41) is 8.94. The molecule has 1 rings (SSSR count). The Morgan fingerprint density at radius 1 is 1.44 bits per heavy atom. The Labute approximate surface area is 93.4 Å². The minimum absolute atomic E-state index is 0.104. The van der Waals surface area contributed by atoms with E-state index in [0.717, 1.165) is 5.56 Å². The van der Waals surface area contributed by atoms with Gasteiger partial charge < -0.3 is 10.8 Å². The first-order valence-corrected chi connectivity index (χ1v) is 4.79. The van der Waals surface area contributed by atoms with E-state index in [2.05, 4.69) is 0 Å². The molecule has 0 unspecified atom stereocenters. The van der Waals surface area contributed by atoms with Crippen molar-refractivity contribution in [1.82, 2.24) is 0 Å². The van der Waals surface area contributed by atoms with E-state index in [-0.39, 0.29) is 12.0 Å². The van der Waals surface area contributed by atoms with Gasteiger partial charge in [-0.3, -0.25) is 4.79 Å². The number of nitrogens with two attached hydrogens (primary N) is 1. The summed E-state index contributed by atoms with van der Waals surface area (Å²) in [6.07, 6.45) is 3.26. The summed E-state index contributed by atoms with van der Waals surface area (Å²) in [6.45, 7) is 1.87. The van der Waals surface area contributed by atoms with E-state index in [4.69, 9.17) is 10.8 Å². The number of benzene rings is 1. The molecule has 1 aromatic carbocycles. The van der Waals surface area contributed by atoms with Crippen molar-refractivity contribution in [3.8, 4) is 0 Å². The minimum Gasteiger partial charge on any atom is -0.478 e. The number of rotatable bonds is 4. The first kappa shape index (κ1) is 12.0. The second kappa shape index (κ2) is 5.11. The molecule has 0 saturated carbocycles. The molecule has 0 spiro atoms. The second-order valence-corrected chi connectivity index (χ2v) is 3.47. The van der Waals surface area contributed by atoms with Crippen LogP contribution in [0.5, 0.6) is 0 Å². The maximum absolute atomic E-state index is 10.9. The fourth-order valence-electron chi connectivity index (χ4n) is 1.32. The molecule has 3 N–H and O–H groups in total. The highest BCUT2D eigenvalue weighted by Crippen LogP contribution is 2.14. The first-order valence-electron chi connectivity index (χ1n) is 4.79. The number of amides is 1. The van der Waals surface area contributed by atoms with Gasteiger partial charge in [-0.25, -0.2) is 4.79 Å². The number of primary amides is 1. The first-order chi connectivity index (χ1) is 7.50. The Bertz CT molecular complexity index is 450. The molecule has 4 heteroatoms. The van der Waals surface area contributed by atoms with Crippen LogP contribution in [0.4, 0.5) is 0 Å². The lowest BCUT2D eigenvalue weighted by molar-refractivity contribution is -0.117. The number of carbonyl (C=O) groups is 2. The predicted octanol–water partition coefficient (Wildman–Crippen LogP) is 1.58. The van der Waals surface area contributed by atoms with Gasteiger partial charge in [0.25, 0.3) is 0 Å². The van der Waals surface area contributed by atoms with Gasteiger partial charge in [0.15, 0.2) is 0 Å². The molecule has 0 atom stereocenters. The summed E-state index contributed by atoms with van der Waals surface area (Å²) >= 11 is 0. The zero-order valence-corrected chi connectivity index (χ0v) is 8.93. The Morgan fingerprint density at radius 2 is 2.12 bits per heavy atom. The van der Waals surface area contributed by atoms with Crippen LogP contribution in [-0.4, -0.2) is 17.0 Å². The molecule has 0 aliphatic rings. The third kappa shape index (κ3) is 3.24. The van der Waals surface area contributed by atoms with E-state index in [0.29, 0.717) is 5.56 Å². The quantitative estimate of drug-likeness (QED) is 0.806. The lowest BCUT2D eigenvalue weighted by Crippen LogP contribution is -2.08. The smallest absolute Gasteiger partial charge is 0.336 e. The number of carbonyl (C=O) groups excluding carboxylic acids is 1. The molecule has 0 aliphatic carbocycles. The van der Waals surface area contributed by atoms with Crippen molar-refractivity contribution < 1.29 is 14.7 Å². The van der Waals surface area contributed by atoms with Gasteiger partial charge in [-0.05, 0) is 18.6 Å². The molecule has 0 saturated heterocycles. The monoisotopic (exact) mass is 219 g/mol. The Hall–Kier alpha value is -2.10. The highest BCUT2D eigenvalue weighted by molar-refractivity contribution is 5.92. The average molecular weight is 219 g/mol. The van der Waals surface area contributed by atoms with Crippen LogP contribution in [0.2, 0.25) is 0 Å². The third-order valence-corrected chi connectivity index (χ3v) is 2.05. The van der Waals surface area contributed by atoms with Crippen molar-refractivity contribution in [1.29, 1.82) is 0 Å². The highest BCUT2D eigenvalue weighted by atomic mass is 16.4. The van der Waals surface area contributed by atoms with Crippen LogP contribution in [0, 0.1) is 6.92 Å². The molecular formula is C12H13NO3. The second-order valence-electron chi connectivity index (χ2n) is 3.47. The van der Waals surface area contributed by atoms with Crippen LogP contribution >= 0.6 is 0 Å². The predicted molar refractivity (Wildman–Crippen MR) is 61.0 cm³/mol. The highest BCUT2D eigenvalue weighted by Gasteiger charge is 2.07. The fourth-order valence-corrected chi connectivity index (χ4v) is 1.32. The van der Waals surface area contributed by atoms with E-state index < -0.39 is 11.9 Å². The molecule has 0 aliphatic heterocycles. The zero-order valence-electron chi connectivity index (χ0n) is 8.93. The van der Waals surface area contributed by atoms with E-state index in [1.807, 2.05) is 6.92 Å².